The lowest BCUT2D eigenvalue weighted by Crippen LogP contribution is -2.34. The van der Waals surface area contributed by atoms with E-state index < -0.39 is 0 Å². The third kappa shape index (κ3) is 5.88. The topological polar surface area (TPSA) is 33.7 Å². The zero-order valence-corrected chi connectivity index (χ0v) is 18.9. The molecule has 0 amide bonds. The second-order valence-corrected chi connectivity index (χ2v) is 7.79. The van der Waals surface area contributed by atoms with Crippen molar-refractivity contribution in [2.45, 2.75) is 20.0 Å². The summed E-state index contributed by atoms with van der Waals surface area (Å²) in [5.41, 5.74) is 4.16. The van der Waals surface area contributed by atoms with Crippen molar-refractivity contribution < 1.29 is 9.47 Å². The van der Waals surface area contributed by atoms with Gasteiger partial charge in [-0.15, -0.1) is 0 Å². The lowest BCUT2D eigenvalue weighted by atomic mass is 10.1. The Morgan fingerprint density at radius 2 is 1.67 bits per heavy atom. The molecule has 156 valence electrons. The fraction of sp³-hybridized carbons (Fsp3) is 0.208. The van der Waals surface area contributed by atoms with E-state index >= 15 is 0 Å². The largest absolute Gasteiger partial charge is 0.497 e. The summed E-state index contributed by atoms with van der Waals surface area (Å²) in [5.74, 6) is 1.58. The summed E-state index contributed by atoms with van der Waals surface area (Å²) >= 11 is 12.0. The van der Waals surface area contributed by atoms with Gasteiger partial charge in [0.15, 0.2) is 5.11 Å². The number of rotatable bonds is 7. The molecule has 0 bridgehead atoms. The van der Waals surface area contributed by atoms with Crippen LogP contribution >= 0.6 is 23.8 Å². The van der Waals surface area contributed by atoms with Gasteiger partial charge in [-0.2, -0.15) is 0 Å². The first-order chi connectivity index (χ1) is 14.5. The number of benzene rings is 3. The smallest absolute Gasteiger partial charge is 0.174 e. The summed E-state index contributed by atoms with van der Waals surface area (Å²) in [6.07, 6.45) is 0. The minimum atomic E-state index is 0.605. The molecule has 0 heterocycles. The number of thiocarbonyl (C=S) groups is 1. The molecule has 1 N–H and O–H groups in total. The molecule has 3 rings (SSSR count). The summed E-state index contributed by atoms with van der Waals surface area (Å²) in [4.78, 5) is 2.10. The number of anilines is 1. The number of halogens is 1. The molecule has 0 atom stereocenters. The number of methoxy groups -OCH3 is 2. The molecule has 0 saturated carbocycles. The van der Waals surface area contributed by atoms with Gasteiger partial charge in [-0.3, -0.25) is 0 Å². The van der Waals surface area contributed by atoms with Crippen LogP contribution in [0.15, 0.2) is 66.7 Å². The summed E-state index contributed by atoms with van der Waals surface area (Å²) in [6.45, 7) is 3.28. The highest BCUT2D eigenvalue weighted by Crippen LogP contribution is 2.26. The van der Waals surface area contributed by atoms with Gasteiger partial charge in [-0.05, 0) is 72.2 Å². The van der Waals surface area contributed by atoms with Crippen LogP contribution in [0.4, 0.5) is 5.69 Å². The molecule has 0 fully saturated rings. The Morgan fingerprint density at radius 1 is 0.933 bits per heavy atom. The lowest BCUT2D eigenvalue weighted by Gasteiger charge is -2.27. The van der Waals surface area contributed by atoms with Gasteiger partial charge in [-0.25, -0.2) is 0 Å². The predicted molar refractivity (Wildman–Crippen MR) is 128 cm³/mol. The Bertz CT molecular complexity index is 1010. The van der Waals surface area contributed by atoms with E-state index in [9.17, 15) is 0 Å². The van der Waals surface area contributed by atoms with Gasteiger partial charge >= 0.3 is 0 Å². The van der Waals surface area contributed by atoms with Crippen molar-refractivity contribution in [2.24, 2.45) is 0 Å². The van der Waals surface area contributed by atoms with Gasteiger partial charge in [0.25, 0.3) is 0 Å². The fourth-order valence-electron chi connectivity index (χ4n) is 3.10. The Balaban J connectivity index is 1.84. The van der Waals surface area contributed by atoms with Gasteiger partial charge in [0, 0.05) is 18.1 Å². The molecule has 0 spiro atoms. The second-order valence-electron chi connectivity index (χ2n) is 6.97. The minimum Gasteiger partial charge on any atom is -0.497 e. The average molecular weight is 441 g/mol. The van der Waals surface area contributed by atoms with Crippen molar-refractivity contribution in [2.75, 3.05) is 19.5 Å². The second kappa shape index (κ2) is 10.3. The van der Waals surface area contributed by atoms with Crippen LogP contribution in [0.2, 0.25) is 5.02 Å². The highest BCUT2D eigenvalue weighted by Gasteiger charge is 2.14. The van der Waals surface area contributed by atoms with Gasteiger partial charge in [0.05, 0.1) is 19.9 Å². The first kappa shape index (κ1) is 21.9. The molecule has 0 unspecified atom stereocenters. The van der Waals surface area contributed by atoms with E-state index in [2.05, 4.69) is 10.2 Å². The van der Waals surface area contributed by atoms with Crippen molar-refractivity contribution in [3.05, 3.63) is 88.4 Å². The average Bonchev–Trinajstić information content (AvgIpc) is 2.75. The molecular weight excluding hydrogens is 416 g/mol. The molecule has 0 aliphatic heterocycles. The maximum Gasteiger partial charge on any atom is 0.174 e. The summed E-state index contributed by atoms with van der Waals surface area (Å²) in [5, 5.41) is 4.65. The van der Waals surface area contributed by atoms with E-state index in [-0.39, 0.29) is 0 Å². The maximum absolute atomic E-state index is 6.19. The van der Waals surface area contributed by atoms with E-state index in [4.69, 9.17) is 33.3 Å². The SMILES string of the molecule is COc1ccc(CN(Cc2cccc(Cl)c2)C(=S)Nc2ccc(C)cc2OC)cc1. The lowest BCUT2D eigenvalue weighted by molar-refractivity contribution is 0.405. The Labute approximate surface area is 188 Å². The van der Waals surface area contributed by atoms with Gasteiger partial charge < -0.3 is 19.7 Å². The molecule has 0 aliphatic carbocycles. The summed E-state index contributed by atoms with van der Waals surface area (Å²) in [7, 11) is 3.32. The molecule has 3 aromatic carbocycles. The molecule has 0 aliphatic rings. The maximum atomic E-state index is 6.19. The number of ether oxygens (including phenoxy) is 2. The highest BCUT2D eigenvalue weighted by atomic mass is 35.5. The predicted octanol–water partition coefficient (Wildman–Crippen LogP) is 6.06. The van der Waals surface area contributed by atoms with Crippen molar-refractivity contribution in [3.8, 4) is 11.5 Å². The Kier molecular flexibility index (Phi) is 7.55. The summed E-state index contributed by atoms with van der Waals surface area (Å²) < 4.78 is 10.8. The van der Waals surface area contributed by atoms with Gasteiger partial charge in [0.1, 0.15) is 11.5 Å². The zero-order chi connectivity index (χ0) is 21.5. The molecule has 0 saturated heterocycles. The monoisotopic (exact) mass is 440 g/mol. The van der Waals surface area contributed by atoms with Gasteiger partial charge in [0.2, 0.25) is 0 Å². The number of hydrogen-bond acceptors (Lipinski definition) is 3. The molecule has 4 nitrogen and oxygen atoms in total. The normalized spacial score (nSPS) is 10.4. The van der Waals surface area contributed by atoms with E-state index in [1.807, 2.05) is 73.7 Å². The van der Waals surface area contributed by atoms with Crippen LogP contribution < -0.4 is 14.8 Å². The van der Waals surface area contributed by atoms with Crippen LogP contribution in [-0.2, 0) is 13.1 Å². The third-order valence-corrected chi connectivity index (χ3v) is 5.28. The van der Waals surface area contributed by atoms with Crippen LogP contribution in [0.3, 0.4) is 0 Å². The number of hydrogen-bond donors (Lipinski definition) is 1. The molecule has 0 aromatic heterocycles. The molecule has 3 aromatic rings. The third-order valence-electron chi connectivity index (χ3n) is 4.68. The number of nitrogens with one attached hydrogen (secondary N) is 1. The first-order valence-electron chi connectivity index (χ1n) is 9.56. The van der Waals surface area contributed by atoms with Crippen molar-refractivity contribution in [1.82, 2.24) is 4.90 Å². The Morgan fingerprint density at radius 3 is 2.33 bits per heavy atom. The molecule has 30 heavy (non-hydrogen) atoms. The van der Waals surface area contributed by atoms with E-state index in [0.29, 0.717) is 23.2 Å². The van der Waals surface area contributed by atoms with Crippen molar-refractivity contribution >= 4 is 34.6 Å². The standard InChI is InChI=1S/C24H25ClN2O2S/c1-17-7-12-22(23(13-17)29-3)26-24(30)27(16-19-5-4-6-20(25)14-19)15-18-8-10-21(28-2)11-9-18/h4-14H,15-16H2,1-3H3,(H,26,30). The molecule has 6 heteroatoms. The quantitative estimate of drug-likeness (QED) is 0.451. The van der Waals surface area contributed by atoms with Crippen molar-refractivity contribution in [1.29, 1.82) is 0 Å². The molecule has 0 radical (unpaired) electrons. The molecular formula is C24H25ClN2O2S. The Hall–Kier alpha value is -2.76. The first-order valence-corrected chi connectivity index (χ1v) is 10.3. The number of aryl methyl sites for hydroxylation is 1. The van der Waals surface area contributed by atoms with E-state index in [0.717, 1.165) is 33.9 Å². The van der Waals surface area contributed by atoms with Crippen LogP contribution in [0.25, 0.3) is 0 Å². The van der Waals surface area contributed by atoms with Crippen LogP contribution in [0, 0.1) is 6.92 Å². The summed E-state index contributed by atoms with van der Waals surface area (Å²) in [6, 6.07) is 21.8. The number of nitrogens with zero attached hydrogens (tertiary/aromatic N) is 1. The highest BCUT2D eigenvalue weighted by molar-refractivity contribution is 7.80. The van der Waals surface area contributed by atoms with Crippen LogP contribution in [-0.4, -0.2) is 24.2 Å². The van der Waals surface area contributed by atoms with Crippen LogP contribution in [0.1, 0.15) is 16.7 Å². The van der Waals surface area contributed by atoms with Crippen LogP contribution in [0.5, 0.6) is 11.5 Å². The van der Waals surface area contributed by atoms with Crippen molar-refractivity contribution in [3.63, 3.8) is 0 Å². The zero-order valence-electron chi connectivity index (χ0n) is 17.3. The van der Waals surface area contributed by atoms with E-state index in [1.165, 1.54) is 0 Å². The van der Waals surface area contributed by atoms with Gasteiger partial charge in [-0.1, -0.05) is 41.9 Å². The minimum absolute atomic E-state index is 0.605. The fourth-order valence-corrected chi connectivity index (χ4v) is 3.55. The van der Waals surface area contributed by atoms with E-state index in [1.54, 1.807) is 14.2 Å².